The van der Waals surface area contributed by atoms with Crippen LogP contribution in [0.25, 0.3) is 0 Å². The first-order chi connectivity index (χ1) is 11.2. The molecule has 2 aromatic rings. The van der Waals surface area contributed by atoms with Crippen molar-refractivity contribution < 1.29 is 5.11 Å². The Kier molecular flexibility index (Phi) is 5.14. The summed E-state index contributed by atoms with van der Waals surface area (Å²) in [5.74, 6) is 0.331. The van der Waals surface area contributed by atoms with E-state index < -0.39 is 0 Å². The third-order valence-corrected chi connectivity index (χ3v) is 5.11. The van der Waals surface area contributed by atoms with Gasteiger partial charge in [-0.05, 0) is 36.4 Å². The topological polar surface area (TPSA) is 23.5 Å². The number of aliphatic hydroxyl groups is 1. The highest BCUT2D eigenvalue weighted by molar-refractivity contribution is 5.40. The lowest BCUT2D eigenvalue weighted by atomic mass is 9.69. The van der Waals surface area contributed by atoms with Gasteiger partial charge in [0.15, 0.2) is 0 Å². The third-order valence-electron chi connectivity index (χ3n) is 5.11. The first-order valence-electron chi connectivity index (χ1n) is 8.69. The van der Waals surface area contributed by atoms with Crippen molar-refractivity contribution in [1.29, 1.82) is 0 Å². The van der Waals surface area contributed by atoms with Crippen molar-refractivity contribution in [2.45, 2.75) is 25.2 Å². The Morgan fingerprint density at radius 3 is 2.09 bits per heavy atom. The fourth-order valence-corrected chi connectivity index (χ4v) is 3.95. The molecule has 23 heavy (non-hydrogen) atoms. The highest BCUT2D eigenvalue weighted by atomic mass is 16.3. The van der Waals surface area contributed by atoms with Gasteiger partial charge in [0.25, 0.3) is 0 Å². The van der Waals surface area contributed by atoms with Gasteiger partial charge in [0.05, 0.1) is 0 Å². The van der Waals surface area contributed by atoms with E-state index in [4.69, 9.17) is 0 Å². The van der Waals surface area contributed by atoms with E-state index in [0.29, 0.717) is 5.92 Å². The summed E-state index contributed by atoms with van der Waals surface area (Å²) in [4.78, 5) is 2.53. The molecule has 2 nitrogen and oxygen atoms in total. The van der Waals surface area contributed by atoms with Crippen LogP contribution < -0.4 is 0 Å². The summed E-state index contributed by atoms with van der Waals surface area (Å²) in [5.41, 5.74) is 2.88. The van der Waals surface area contributed by atoms with E-state index in [0.717, 1.165) is 19.6 Å². The van der Waals surface area contributed by atoms with E-state index in [1.165, 1.54) is 24.0 Å². The summed E-state index contributed by atoms with van der Waals surface area (Å²) in [6, 6.07) is 21.9. The lowest BCUT2D eigenvalue weighted by Crippen LogP contribution is -2.48. The molecule has 1 aliphatic rings. The van der Waals surface area contributed by atoms with Crippen LogP contribution >= 0.6 is 0 Å². The van der Waals surface area contributed by atoms with Crippen molar-refractivity contribution in [3.8, 4) is 0 Å². The van der Waals surface area contributed by atoms with Crippen LogP contribution in [0.1, 0.15) is 30.9 Å². The number of aliphatic hydroxyl groups excluding tert-OH is 1. The summed E-state index contributed by atoms with van der Waals surface area (Å²) in [6.45, 7) is 5.52. The molecule has 1 aliphatic heterocycles. The van der Waals surface area contributed by atoms with Crippen molar-refractivity contribution in [1.82, 2.24) is 4.90 Å². The number of rotatable bonds is 5. The standard InChI is InChI=1S/C21H27NO/c1-18(16-23)15-22-14-8-13-21(17-22,19-9-4-2-5-10-19)20-11-6-3-7-12-20/h2-7,9-12,18,23H,8,13-17H2,1H3/t18-/m0/s1. The number of benzene rings is 2. The fraction of sp³-hybridized carbons (Fsp3) is 0.429. The van der Waals surface area contributed by atoms with Crippen LogP contribution in [0.5, 0.6) is 0 Å². The van der Waals surface area contributed by atoms with Gasteiger partial charge in [0.1, 0.15) is 0 Å². The Morgan fingerprint density at radius 1 is 1.00 bits per heavy atom. The van der Waals surface area contributed by atoms with Crippen molar-refractivity contribution >= 4 is 0 Å². The van der Waals surface area contributed by atoms with E-state index in [-0.39, 0.29) is 12.0 Å². The zero-order valence-electron chi connectivity index (χ0n) is 14.0. The Bertz CT molecular complexity index is 556. The molecular formula is C21H27NO. The second-order valence-corrected chi connectivity index (χ2v) is 6.94. The normalized spacial score (nSPS) is 19.4. The highest BCUT2D eigenvalue weighted by Gasteiger charge is 2.38. The van der Waals surface area contributed by atoms with Crippen molar-refractivity contribution in [3.05, 3.63) is 71.8 Å². The van der Waals surface area contributed by atoms with Crippen molar-refractivity contribution in [3.63, 3.8) is 0 Å². The van der Waals surface area contributed by atoms with Crippen molar-refractivity contribution in [2.24, 2.45) is 5.92 Å². The maximum atomic E-state index is 9.40. The van der Waals surface area contributed by atoms with Crippen LogP contribution in [0.15, 0.2) is 60.7 Å². The molecule has 1 N–H and O–H groups in total. The van der Waals surface area contributed by atoms with Gasteiger partial charge in [-0.25, -0.2) is 0 Å². The van der Waals surface area contributed by atoms with Crippen molar-refractivity contribution in [2.75, 3.05) is 26.2 Å². The molecule has 1 atom stereocenters. The molecule has 0 unspecified atom stereocenters. The molecule has 1 saturated heterocycles. The van der Waals surface area contributed by atoms with Crippen LogP contribution in [0, 0.1) is 5.92 Å². The van der Waals surface area contributed by atoms with E-state index in [1.807, 2.05) is 0 Å². The minimum atomic E-state index is 0.0654. The minimum absolute atomic E-state index is 0.0654. The smallest absolute Gasteiger partial charge is 0.0468 e. The predicted molar refractivity (Wildman–Crippen MR) is 95.6 cm³/mol. The Labute approximate surface area is 139 Å². The number of nitrogens with zero attached hydrogens (tertiary/aromatic N) is 1. The summed E-state index contributed by atoms with van der Waals surface area (Å²) in [7, 11) is 0. The Hall–Kier alpha value is -1.64. The van der Waals surface area contributed by atoms with Crippen LogP contribution in [0.4, 0.5) is 0 Å². The van der Waals surface area contributed by atoms with Gasteiger partial charge < -0.3 is 10.0 Å². The lowest BCUT2D eigenvalue weighted by Gasteiger charge is -2.44. The minimum Gasteiger partial charge on any atom is -0.396 e. The fourth-order valence-electron chi connectivity index (χ4n) is 3.95. The van der Waals surface area contributed by atoms with Crippen LogP contribution in [-0.2, 0) is 5.41 Å². The molecule has 0 radical (unpaired) electrons. The average Bonchev–Trinajstić information content (AvgIpc) is 2.63. The average molecular weight is 309 g/mol. The highest BCUT2D eigenvalue weighted by Crippen LogP contribution is 2.40. The molecule has 0 bridgehead atoms. The number of hydrogen-bond acceptors (Lipinski definition) is 2. The van der Waals surface area contributed by atoms with Gasteiger partial charge in [-0.15, -0.1) is 0 Å². The Morgan fingerprint density at radius 2 is 1.57 bits per heavy atom. The SMILES string of the molecule is C[C@H](CO)CN1CCCC(c2ccccc2)(c2ccccc2)C1. The zero-order valence-corrected chi connectivity index (χ0v) is 14.0. The largest absolute Gasteiger partial charge is 0.396 e. The van der Waals surface area contributed by atoms with E-state index in [9.17, 15) is 5.11 Å². The predicted octanol–water partition coefficient (Wildman–Crippen LogP) is 3.70. The second kappa shape index (κ2) is 7.29. The molecule has 1 fully saturated rings. The molecule has 2 heteroatoms. The molecule has 0 saturated carbocycles. The summed E-state index contributed by atoms with van der Waals surface area (Å²) < 4.78 is 0. The molecule has 0 amide bonds. The molecule has 2 aromatic carbocycles. The van der Waals surface area contributed by atoms with Gasteiger partial charge in [0.2, 0.25) is 0 Å². The van der Waals surface area contributed by atoms with E-state index in [1.54, 1.807) is 0 Å². The number of piperidine rings is 1. The lowest BCUT2D eigenvalue weighted by molar-refractivity contribution is 0.124. The van der Waals surface area contributed by atoms with E-state index in [2.05, 4.69) is 72.5 Å². The van der Waals surface area contributed by atoms with Gasteiger partial charge in [-0.2, -0.15) is 0 Å². The summed E-state index contributed by atoms with van der Waals surface area (Å²) in [5, 5.41) is 9.40. The van der Waals surface area contributed by atoms with Gasteiger partial charge in [-0.3, -0.25) is 0 Å². The maximum absolute atomic E-state index is 9.40. The molecular weight excluding hydrogens is 282 g/mol. The summed E-state index contributed by atoms with van der Waals surface area (Å²) in [6.07, 6.45) is 2.38. The first-order valence-corrected chi connectivity index (χ1v) is 8.69. The molecule has 1 heterocycles. The first kappa shape index (κ1) is 16.2. The monoisotopic (exact) mass is 309 g/mol. The maximum Gasteiger partial charge on any atom is 0.0468 e. The molecule has 0 spiro atoms. The van der Waals surface area contributed by atoms with Gasteiger partial charge in [-0.1, -0.05) is 67.6 Å². The second-order valence-electron chi connectivity index (χ2n) is 6.94. The van der Waals surface area contributed by atoms with E-state index >= 15 is 0 Å². The van der Waals surface area contributed by atoms with Crippen LogP contribution in [0.3, 0.4) is 0 Å². The summed E-state index contributed by atoms with van der Waals surface area (Å²) >= 11 is 0. The molecule has 122 valence electrons. The third kappa shape index (κ3) is 3.49. The van der Waals surface area contributed by atoms with Crippen LogP contribution in [0.2, 0.25) is 0 Å². The zero-order chi connectivity index (χ0) is 16.1. The molecule has 0 aromatic heterocycles. The molecule has 0 aliphatic carbocycles. The number of hydrogen-bond donors (Lipinski definition) is 1. The number of likely N-dealkylation sites (tertiary alicyclic amines) is 1. The Balaban J connectivity index is 1.96. The van der Waals surface area contributed by atoms with Gasteiger partial charge in [0, 0.05) is 25.1 Å². The van der Waals surface area contributed by atoms with Crippen LogP contribution in [-0.4, -0.2) is 36.2 Å². The molecule has 3 rings (SSSR count). The van der Waals surface area contributed by atoms with Gasteiger partial charge >= 0.3 is 0 Å². The quantitative estimate of drug-likeness (QED) is 0.910.